The summed E-state index contributed by atoms with van der Waals surface area (Å²) in [7, 11) is 0. The molecule has 2 amide bonds. The maximum Gasteiger partial charge on any atom is 0.237 e. The first-order chi connectivity index (χ1) is 8.54. The third kappa shape index (κ3) is 5.49. The monoisotopic (exact) mass is 255 g/mol. The number of carbonyl (C=O) groups is 2. The van der Waals surface area contributed by atoms with Crippen LogP contribution in [-0.4, -0.2) is 37.0 Å². The van der Waals surface area contributed by atoms with Crippen LogP contribution in [-0.2, 0) is 9.59 Å². The van der Waals surface area contributed by atoms with Gasteiger partial charge in [-0.3, -0.25) is 9.59 Å². The standard InChI is InChI=1S/C13H25N3O2/c1-4-9(2)16-12(17)10(3)14-7-8-15-13(18)11-5-6-11/h9-11,14H,4-8H2,1-3H3,(H,15,18)(H,16,17). The number of hydrogen-bond acceptors (Lipinski definition) is 3. The Hall–Kier alpha value is -1.10. The van der Waals surface area contributed by atoms with Gasteiger partial charge in [-0.2, -0.15) is 0 Å². The van der Waals surface area contributed by atoms with Crippen LogP contribution in [0.15, 0.2) is 0 Å². The van der Waals surface area contributed by atoms with E-state index in [0.717, 1.165) is 19.3 Å². The van der Waals surface area contributed by atoms with E-state index in [0.29, 0.717) is 13.1 Å². The second-order valence-electron chi connectivity index (χ2n) is 5.06. The van der Waals surface area contributed by atoms with Crippen molar-refractivity contribution in [1.82, 2.24) is 16.0 Å². The molecule has 1 aliphatic rings. The van der Waals surface area contributed by atoms with Crippen molar-refractivity contribution in [3.8, 4) is 0 Å². The first-order valence-corrected chi connectivity index (χ1v) is 6.86. The molecule has 104 valence electrons. The highest BCUT2D eigenvalue weighted by atomic mass is 16.2. The van der Waals surface area contributed by atoms with E-state index in [2.05, 4.69) is 16.0 Å². The average molecular weight is 255 g/mol. The van der Waals surface area contributed by atoms with Crippen LogP contribution in [0.3, 0.4) is 0 Å². The van der Waals surface area contributed by atoms with Crippen LogP contribution in [0.2, 0.25) is 0 Å². The van der Waals surface area contributed by atoms with Crippen LogP contribution in [0, 0.1) is 5.92 Å². The van der Waals surface area contributed by atoms with E-state index >= 15 is 0 Å². The van der Waals surface area contributed by atoms with Crippen molar-refractivity contribution in [2.24, 2.45) is 5.92 Å². The van der Waals surface area contributed by atoms with E-state index < -0.39 is 0 Å². The summed E-state index contributed by atoms with van der Waals surface area (Å²) in [6, 6.07) is -0.0202. The molecule has 1 rings (SSSR count). The molecule has 0 aromatic carbocycles. The number of amides is 2. The quantitative estimate of drug-likeness (QED) is 0.550. The van der Waals surface area contributed by atoms with E-state index in [4.69, 9.17) is 0 Å². The highest BCUT2D eigenvalue weighted by Crippen LogP contribution is 2.28. The van der Waals surface area contributed by atoms with Gasteiger partial charge in [0, 0.05) is 25.0 Å². The number of hydrogen-bond donors (Lipinski definition) is 3. The van der Waals surface area contributed by atoms with Gasteiger partial charge in [-0.1, -0.05) is 6.92 Å². The van der Waals surface area contributed by atoms with Gasteiger partial charge in [-0.25, -0.2) is 0 Å². The smallest absolute Gasteiger partial charge is 0.237 e. The van der Waals surface area contributed by atoms with Crippen LogP contribution >= 0.6 is 0 Å². The normalized spacial score (nSPS) is 17.9. The Bertz CT molecular complexity index is 290. The summed E-state index contributed by atoms with van der Waals surface area (Å²) in [6.07, 6.45) is 2.97. The Morgan fingerprint density at radius 2 is 1.89 bits per heavy atom. The Kier molecular flexibility index (Phi) is 6.12. The Labute approximate surface area is 109 Å². The molecule has 0 aromatic rings. The van der Waals surface area contributed by atoms with Gasteiger partial charge in [0.05, 0.1) is 6.04 Å². The molecule has 2 atom stereocenters. The summed E-state index contributed by atoms with van der Waals surface area (Å²) >= 11 is 0. The maximum absolute atomic E-state index is 11.7. The van der Waals surface area contributed by atoms with Crippen molar-refractivity contribution in [3.63, 3.8) is 0 Å². The van der Waals surface area contributed by atoms with Gasteiger partial charge in [-0.05, 0) is 33.1 Å². The lowest BCUT2D eigenvalue weighted by molar-refractivity contribution is -0.123. The molecular weight excluding hydrogens is 230 g/mol. The fourth-order valence-electron chi connectivity index (χ4n) is 1.53. The van der Waals surface area contributed by atoms with Crippen molar-refractivity contribution >= 4 is 11.8 Å². The molecule has 0 heterocycles. The molecule has 18 heavy (non-hydrogen) atoms. The Balaban J connectivity index is 2.06. The number of carbonyl (C=O) groups excluding carboxylic acids is 2. The topological polar surface area (TPSA) is 70.2 Å². The summed E-state index contributed by atoms with van der Waals surface area (Å²) in [5.41, 5.74) is 0. The van der Waals surface area contributed by atoms with Gasteiger partial charge in [0.2, 0.25) is 11.8 Å². The minimum atomic E-state index is -0.225. The van der Waals surface area contributed by atoms with Gasteiger partial charge >= 0.3 is 0 Å². The van der Waals surface area contributed by atoms with Crippen molar-refractivity contribution < 1.29 is 9.59 Å². The van der Waals surface area contributed by atoms with Crippen molar-refractivity contribution in [1.29, 1.82) is 0 Å². The van der Waals surface area contributed by atoms with Crippen LogP contribution in [0.5, 0.6) is 0 Å². The molecule has 1 saturated carbocycles. The van der Waals surface area contributed by atoms with Gasteiger partial charge < -0.3 is 16.0 Å². The molecule has 0 radical (unpaired) electrons. The van der Waals surface area contributed by atoms with Crippen LogP contribution < -0.4 is 16.0 Å². The van der Waals surface area contributed by atoms with Gasteiger partial charge in [-0.15, -0.1) is 0 Å². The van der Waals surface area contributed by atoms with Crippen LogP contribution in [0.4, 0.5) is 0 Å². The summed E-state index contributed by atoms with van der Waals surface area (Å²) in [5, 5.41) is 8.88. The first kappa shape index (κ1) is 15.0. The van der Waals surface area contributed by atoms with Crippen molar-refractivity contribution in [2.75, 3.05) is 13.1 Å². The van der Waals surface area contributed by atoms with E-state index in [1.54, 1.807) is 0 Å². The third-order valence-corrected chi connectivity index (χ3v) is 3.22. The Morgan fingerprint density at radius 1 is 1.22 bits per heavy atom. The molecule has 0 aromatic heterocycles. The molecule has 1 aliphatic carbocycles. The Morgan fingerprint density at radius 3 is 2.44 bits per heavy atom. The van der Waals surface area contributed by atoms with Gasteiger partial charge in [0.25, 0.3) is 0 Å². The zero-order valence-corrected chi connectivity index (χ0v) is 11.6. The van der Waals surface area contributed by atoms with Gasteiger partial charge in [0.1, 0.15) is 0 Å². The molecule has 2 unspecified atom stereocenters. The van der Waals surface area contributed by atoms with E-state index in [1.165, 1.54) is 0 Å². The zero-order chi connectivity index (χ0) is 13.5. The fourth-order valence-corrected chi connectivity index (χ4v) is 1.53. The average Bonchev–Trinajstić information content (AvgIpc) is 3.17. The summed E-state index contributed by atoms with van der Waals surface area (Å²) in [6.45, 7) is 7.06. The predicted octanol–water partition coefficient (Wildman–Crippen LogP) is 0.405. The lowest BCUT2D eigenvalue weighted by atomic mass is 10.2. The minimum absolute atomic E-state index is 0.0119. The highest BCUT2D eigenvalue weighted by molar-refractivity contribution is 5.81. The highest BCUT2D eigenvalue weighted by Gasteiger charge is 2.29. The SMILES string of the molecule is CCC(C)NC(=O)C(C)NCCNC(=O)C1CC1. The fraction of sp³-hybridized carbons (Fsp3) is 0.846. The molecule has 5 nitrogen and oxygen atoms in total. The van der Waals surface area contributed by atoms with Crippen LogP contribution in [0.25, 0.3) is 0 Å². The van der Waals surface area contributed by atoms with Crippen molar-refractivity contribution in [3.05, 3.63) is 0 Å². The molecule has 3 N–H and O–H groups in total. The minimum Gasteiger partial charge on any atom is -0.355 e. The van der Waals surface area contributed by atoms with E-state index in [1.807, 2.05) is 20.8 Å². The first-order valence-electron chi connectivity index (χ1n) is 6.86. The second kappa shape index (κ2) is 7.36. The lowest BCUT2D eigenvalue weighted by Crippen LogP contribution is -2.47. The number of rotatable bonds is 8. The molecule has 0 bridgehead atoms. The zero-order valence-electron chi connectivity index (χ0n) is 11.6. The summed E-state index contributed by atoms with van der Waals surface area (Å²) in [5.74, 6) is 0.405. The molecular formula is C13H25N3O2. The molecule has 0 spiro atoms. The lowest BCUT2D eigenvalue weighted by Gasteiger charge is -2.17. The van der Waals surface area contributed by atoms with Gasteiger partial charge in [0.15, 0.2) is 0 Å². The summed E-state index contributed by atoms with van der Waals surface area (Å²) in [4.78, 5) is 23.0. The second-order valence-corrected chi connectivity index (χ2v) is 5.06. The van der Waals surface area contributed by atoms with E-state index in [9.17, 15) is 9.59 Å². The van der Waals surface area contributed by atoms with Crippen LogP contribution in [0.1, 0.15) is 40.0 Å². The molecule has 0 saturated heterocycles. The predicted molar refractivity (Wildman–Crippen MR) is 71.1 cm³/mol. The third-order valence-electron chi connectivity index (χ3n) is 3.22. The molecule has 0 aliphatic heterocycles. The molecule has 5 heteroatoms. The van der Waals surface area contributed by atoms with E-state index in [-0.39, 0.29) is 29.8 Å². The summed E-state index contributed by atoms with van der Waals surface area (Å²) < 4.78 is 0. The molecule has 1 fully saturated rings. The number of nitrogens with one attached hydrogen (secondary N) is 3. The largest absolute Gasteiger partial charge is 0.355 e. The maximum atomic E-state index is 11.7. The van der Waals surface area contributed by atoms with Crippen molar-refractivity contribution in [2.45, 2.75) is 52.1 Å².